The average molecular weight is 222 g/mol. The number of hydrogen-bond acceptors (Lipinski definition) is 4. The van der Waals surface area contributed by atoms with Crippen LogP contribution >= 0.6 is 12.6 Å². The fourth-order valence-electron chi connectivity index (χ4n) is 1.13. The zero-order chi connectivity index (χ0) is 11.2. The first-order chi connectivity index (χ1) is 6.41. The molecule has 4 heteroatoms. The molecule has 0 fully saturated rings. The predicted molar refractivity (Wildman–Crippen MR) is 60.8 cm³/mol. The molecule has 2 atom stereocenters. The van der Waals surface area contributed by atoms with Gasteiger partial charge in [0.25, 0.3) is 0 Å². The molecule has 0 saturated carbocycles. The van der Waals surface area contributed by atoms with E-state index in [1.807, 2.05) is 20.8 Å². The van der Waals surface area contributed by atoms with Crippen molar-refractivity contribution in [3.05, 3.63) is 0 Å². The summed E-state index contributed by atoms with van der Waals surface area (Å²) in [7, 11) is 0. The van der Waals surface area contributed by atoms with Crippen LogP contribution in [0, 0.1) is 0 Å². The second-order valence-electron chi connectivity index (χ2n) is 4.17. The lowest BCUT2D eigenvalue weighted by atomic mass is 10.0. The SMILES string of the molecule is CCC(O)COC(C)(C)CC(S)CO. The third-order valence-corrected chi connectivity index (χ3v) is 2.42. The third-order valence-electron chi connectivity index (χ3n) is 2.08. The first-order valence-corrected chi connectivity index (χ1v) is 5.54. The van der Waals surface area contributed by atoms with Crippen molar-refractivity contribution < 1.29 is 14.9 Å². The first-order valence-electron chi connectivity index (χ1n) is 5.02. The molecule has 0 aliphatic carbocycles. The molecule has 0 rings (SSSR count). The topological polar surface area (TPSA) is 49.7 Å². The summed E-state index contributed by atoms with van der Waals surface area (Å²) in [4.78, 5) is 0. The van der Waals surface area contributed by atoms with Gasteiger partial charge in [-0.3, -0.25) is 0 Å². The van der Waals surface area contributed by atoms with Gasteiger partial charge < -0.3 is 14.9 Å². The quantitative estimate of drug-likeness (QED) is 0.568. The normalized spacial score (nSPS) is 16.7. The van der Waals surface area contributed by atoms with Gasteiger partial charge in [-0.25, -0.2) is 0 Å². The molecule has 3 nitrogen and oxygen atoms in total. The van der Waals surface area contributed by atoms with Gasteiger partial charge in [0.1, 0.15) is 0 Å². The van der Waals surface area contributed by atoms with Crippen molar-refractivity contribution >= 4 is 12.6 Å². The Bertz CT molecular complexity index is 150. The highest BCUT2D eigenvalue weighted by atomic mass is 32.1. The van der Waals surface area contributed by atoms with Gasteiger partial charge in [-0.1, -0.05) is 6.92 Å². The van der Waals surface area contributed by atoms with Crippen LogP contribution in [-0.2, 0) is 4.74 Å². The summed E-state index contributed by atoms with van der Waals surface area (Å²) in [6.07, 6.45) is 0.963. The molecule has 2 N–H and O–H groups in total. The Hall–Kier alpha value is 0.230. The van der Waals surface area contributed by atoms with Crippen molar-refractivity contribution in [2.75, 3.05) is 13.2 Å². The van der Waals surface area contributed by atoms with Crippen LogP contribution in [0.2, 0.25) is 0 Å². The Morgan fingerprint density at radius 2 is 2.00 bits per heavy atom. The number of hydrogen-bond donors (Lipinski definition) is 3. The first kappa shape index (κ1) is 14.2. The number of aliphatic hydroxyl groups is 2. The zero-order valence-corrected chi connectivity index (χ0v) is 10.1. The van der Waals surface area contributed by atoms with Crippen LogP contribution in [0.4, 0.5) is 0 Å². The van der Waals surface area contributed by atoms with Gasteiger partial charge in [-0.05, 0) is 26.7 Å². The Morgan fingerprint density at radius 3 is 2.43 bits per heavy atom. The predicted octanol–water partition coefficient (Wildman–Crippen LogP) is 1.23. The van der Waals surface area contributed by atoms with E-state index in [4.69, 9.17) is 9.84 Å². The van der Waals surface area contributed by atoms with Gasteiger partial charge >= 0.3 is 0 Å². The second kappa shape index (κ2) is 6.67. The fraction of sp³-hybridized carbons (Fsp3) is 1.00. The third kappa shape index (κ3) is 6.65. The van der Waals surface area contributed by atoms with Gasteiger partial charge in [0.15, 0.2) is 0 Å². The van der Waals surface area contributed by atoms with Crippen molar-refractivity contribution in [3.63, 3.8) is 0 Å². The fourth-order valence-corrected chi connectivity index (χ4v) is 1.57. The molecule has 0 aromatic rings. The lowest BCUT2D eigenvalue weighted by molar-refractivity contribution is -0.0649. The van der Waals surface area contributed by atoms with Crippen LogP contribution in [-0.4, -0.2) is 40.4 Å². The molecule has 0 aliphatic rings. The molecule has 2 unspecified atom stereocenters. The standard InChI is InChI=1S/C10H22O3S/c1-4-8(12)7-13-10(2,3)5-9(14)6-11/h8-9,11-12,14H,4-7H2,1-3H3. The number of thiol groups is 1. The molecule has 0 saturated heterocycles. The molecule has 14 heavy (non-hydrogen) atoms. The summed E-state index contributed by atoms with van der Waals surface area (Å²) in [5, 5.41) is 18.1. The highest BCUT2D eigenvalue weighted by molar-refractivity contribution is 7.81. The molecule has 0 aliphatic heterocycles. The van der Waals surface area contributed by atoms with Crippen LogP contribution in [0.3, 0.4) is 0 Å². The minimum atomic E-state index is -0.401. The Labute approximate surface area is 91.9 Å². The monoisotopic (exact) mass is 222 g/mol. The van der Waals surface area contributed by atoms with E-state index in [1.54, 1.807) is 0 Å². The summed E-state index contributed by atoms with van der Waals surface area (Å²) in [5.74, 6) is 0. The molecule has 0 bridgehead atoms. The van der Waals surface area contributed by atoms with E-state index in [9.17, 15) is 5.11 Å². The molecule has 0 spiro atoms. The van der Waals surface area contributed by atoms with Gasteiger partial charge in [0, 0.05) is 5.25 Å². The summed E-state index contributed by atoms with van der Waals surface area (Å²) >= 11 is 4.20. The van der Waals surface area contributed by atoms with Gasteiger partial charge in [0.05, 0.1) is 24.9 Å². The Morgan fingerprint density at radius 1 is 1.43 bits per heavy atom. The average Bonchev–Trinajstić information content (AvgIpc) is 2.13. The van der Waals surface area contributed by atoms with E-state index < -0.39 is 6.10 Å². The zero-order valence-electron chi connectivity index (χ0n) is 9.23. The van der Waals surface area contributed by atoms with Crippen molar-refractivity contribution in [3.8, 4) is 0 Å². The lowest BCUT2D eigenvalue weighted by Gasteiger charge is -2.28. The van der Waals surface area contributed by atoms with E-state index >= 15 is 0 Å². The van der Waals surface area contributed by atoms with Crippen LogP contribution in [0.15, 0.2) is 0 Å². The van der Waals surface area contributed by atoms with Crippen LogP contribution in [0.5, 0.6) is 0 Å². The highest BCUT2D eigenvalue weighted by Gasteiger charge is 2.22. The Kier molecular flexibility index (Phi) is 6.78. The maximum absolute atomic E-state index is 9.32. The van der Waals surface area contributed by atoms with E-state index in [2.05, 4.69) is 12.6 Å². The molecule has 0 heterocycles. The van der Waals surface area contributed by atoms with Crippen LogP contribution in [0.1, 0.15) is 33.6 Å². The summed E-state index contributed by atoms with van der Waals surface area (Å²) in [5.41, 5.74) is -0.342. The maximum Gasteiger partial charge on any atom is 0.0771 e. The van der Waals surface area contributed by atoms with E-state index in [1.165, 1.54) is 0 Å². The molecule has 0 aromatic carbocycles. The van der Waals surface area contributed by atoms with Gasteiger partial charge in [0.2, 0.25) is 0 Å². The van der Waals surface area contributed by atoms with Crippen LogP contribution < -0.4 is 0 Å². The maximum atomic E-state index is 9.32. The van der Waals surface area contributed by atoms with Crippen molar-refractivity contribution in [2.45, 2.75) is 50.6 Å². The molecular weight excluding hydrogens is 200 g/mol. The van der Waals surface area contributed by atoms with E-state index in [0.717, 1.165) is 0 Å². The summed E-state index contributed by atoms with van der Waals surface area (Å²) in [6.45, 7) is 6.18. The van der Waals surface area contributed by atoms with Gasteiger partial charge in [-0.15, -0.1) is 0 Å². The largest absolute Gasteiger partial charge is 0.395 e. The Balaban J connectivity index is 3.82. The molecular formula is C10H22O3S. The van der Waals surface area contributed by atoms with Gasteiger partial charge in [-0.2, -0.15) is 12.6 Å². The van der Waals surface area contributed by atoms with Crippen LogP contribution in [0.25, 0.3) is 0 Å². The number of aliphatic hydroxyl groups excluding tert-OH is 2. The highest BCUT2D eigenvalue weighted by Crippen LogP contribution is 2.19. The number of ether oxygens (including phenoxy) is 1. The molecule has 86 valence electrons. The molecule has 0 amide bonds. The smallest absolute Gasteiger partial charge is 0.0771 e. The van der Waals surface area contributed by atoms with E-state index in [0.29, 0.717) is 19.4 Å². The number of rotatable bonds is 7. The minimum Gasteiger partial charge on any atom is -0.395 e. The van der Waals surface area contributed by atoms with E-state index in [-0.39, 0.29) is 17.5 Å². The molecule has 0 aromatic heterocycles. The van der Waals surface area contributed by atoms with Crippen molar-refractivity contribution in [1.29, 1.82) is 0 Å². The summed E-state index contributed by atoms with van der Waals surface area (Å²) < 4.78 is 5.54. The second-order valence-corrected chi connectivity index (χ2v) is 4.90. The van der Waals surface area contributed by atoms with Crippen molar-refractivity contribution in [1.82, 2.24) is 0 Å². The summed E-state index contributed by atoms with van der Waals surface area (Å²) in [6, 6.07) is 0. The lowest BCUT2D eigenvalue weighted by Crippen LogP contribution is -2.32. The molecule has 0 radical (unpaired) electrons. The minimum absolute atomic E-state index is 0.0478. The van der Waals surface area contributed by atoms with Crippen molar-refractivity contribution in [2.24, 2.45) is 0 Å².